The van der Waals surface area contributed by atoms with Gasteiger partial charge in [-0.2, -0.15) is 0 Å². The molecule has 0 spiro atoms. The first-order valence-electron chi connectivity index (χ1n) is 8.17. The van der Waals surface area contributed by atoms with Gasteiger partial charge in [-0.1, -0.05) is 23.7 Å². The molecular weight excluding hydrogens is 392 g/mol. The van der Waals surface area contributed by atoms with Crippen LogP contribution < -0.4 is 19.1 Å². The third-order valence-electron chi connectivity index (χ3n) is 4.11. The molecule has 1 N–H and O–H groups in total. The molecule has 0 unspecified atom stereocenters. The average molecular weight is 411 g/mol. The standard InChI is InChI=1S/C18H19ClN2O5S/c1-25-15-6-4-3-5-13(15)20-18(22)17-9-10-21(27(2,23)24)14-11-12(19)7-8-16(14)26-17/h3-8,11,17H,9-10H2,1-2H3,(H,20,22)/t17-/m1/s1. The summed E-state index contributed by atoms with van der Waals surface area (Å²) in [5, 5.41) is 3.15. The summed E-state index contributed by atoms with van der Waals surface area (Å²) in [6.45, 7) is 0.0934. The zero-order valence-corrected chi connectivity index (χ0v) is 16.4. The van der Waals surface area contributed by atoms with Gasteiger partial charge >= 0.3 is 0 Å². The number of para-hydroxylation sites is 2. The normalized spacial score (nSPS) is 16.7. The number of nitrogens with zero attached hydrogens (tertiary/aromatic N) is 1. The summed E-state index contributed by atoms with van der Waals surface area (Å²) in [6.07, 6.45) is 0.411. The maximum absolute atomic E-state index is 12.7. The van der Waals surface area contributed by atoms with Gasteiger partial charge in [0, 0.05) is 18.0 Å². The Morgan fingerprint density at radius 1 is 1.30 bits per heavy atom. The van der Waals surface area contributed by atoms with Crippen molar-refractivity contribution in [3.63, 3.8) is 0 Å². The Morgan fingerprint density at radius 2 is 2.04 bits per heavy atom. The zero-order valence-electron chi connectivity index (χ0n) is 14.8. The lowest BCUT2D eigenvalue weighted by molar-refractivity contribution is -0.122. The highest BCUT2D eigenvalue weighted by molar-refractivity contribution is 7.92. The fraction of sp³-hybridized carbons (Fsp3) is 0.278. The fourth-order valence-electron chi connectivity index (χ4n) is 2.84. The van der Waals surface area contributed by atoms with E-state index in [0.717, 1.165) is 6.26 Å². The first-order valence-corrected chi connectivity index (χ1v) is 10.4. The predicted molar refractivity (Wildman–Crippen MR) is 104 cm³/mol. The van der Waals surface area contributed by atoms with Gasteiger partial charge in [0.25, 0.3) is 5.91 Å². The van der Waals surface area contributed by atoms with Crippen molar-refractivity contribution in [3.05, 3.63) is 47.5 Å². The summed E-state index contributed by atoms with van der Waals surface area (Å²) in [4.78, 5) is 12.7. The third kappa shape index (κ3) is 4.28. The first-order chi connectivity index (χ1) is 12.8. The van der Waals surface area contributed by atoms with Crippen LogP contribution in [-0.2, 0) is 14.8 Å². The van der Waals surface area contributed by atoms with Gasteiger partial charge in [-0.15, -0.1) is 0 Å². The molecule has 27 heavy (non-hydrogen) atoms. The van der Waals surface area contributed by atoms with Crippen molar-refractivity contribution in [2.24, 2.45) is 0 Å². The summed E-state index contributed by atoms with van der Waals surface area (Å²) in [5.74, 6) is 0.405. The van der Waals surface area contributed by atoms with Gasteiger partial charge in [-0.3, -0.25) is 9.10 Å². The maximum Gasteiger partial charge on any atom is 0.265 e. The molecule has 0 saturated carbocycles. The number of rotatable bonds is 4. The molecule has 0 fully saturated rings. The lowest BCUT2D eigenvalue weighted by Crippen LogP contribution is -2.36. The van der Waals surface area contributed by atoms with Crippen molar-refractivity contribution in [2.45, 2.75) is 12.5 Å². The Hall–Kier alpha value is -2.45. The van der Waals surface area contributed by atoms with Crippen LogP contribution in [0.2, 0.25) is 5.02 Å². The molecule has 2 aromatic rings. The summed E-state index contributed by atoms with van der Waals surface area (Å²) in [6, 6.07) is 11.7. The van der Waals surface area contributed by atoms with Gasteiger partial charge in [0.15, 0.2) is 6.10 Å². The molecule has 1 amide bonds. The topological polar surface area (TPSA) is 84.9 Å². The van der Waals surface area contributed by atoms with Crippen LogP contribution in [-0.4, -0.2) is 40.3 Å². The molecular formula is C18H19ClN2O5S. The van der Waals surface area contributed by atoms with Gasteiger partial charge in [-0.05, 0) is 30.3 Å². The highest BCUT2D eigenvalue weighted by Crippen LogP contribution is 2.36. The number of carbonyl (C=O) groups excluding carboxylic acids is 1. The minimum Gasteiger partial charge on any atom is -0.495 e. The Labute approximate surface area is 162 Å². The molecule has 0 aliphatic carbocycles. The second kappa shape index (κ2) is 7.66. The molecule has 1 atom stereocenters. The number of nitrogens with one attached hydrogen (secondary N) is 1. The number of fused-ring (bicyclic) bond motifs is 1. The van der Waals surface area contributed by atoms with Crippen molar-refractivity contribution in [1.82, 2.24) is 0 Å². The van der Waals surface area contributed by atoms with Crippen LogP contribution in [0.15, 0.2) is 42.5 Å². The molecule has 0 saturated heterocycles. The highest BCUT2D eigenvalue weighted by atomic mass is 35.5. The molecule has 1 aliphatic rings. The van der Waals surface area contributed by atoms with Gasteiger partial charge in [0.1, 0.15) is 11.5 Å². The van der Waals surface area contributed by atoms with Crippen molar-refractivity contribution in [3.8, 4) is 11.5 Å². The Bertz CT molecular complexity index is 964. The average Bonchev–Trinajstić information content (AvgIpc) is 2.81. The van der Waals surface area contributed by atoms with E-state index in [2.05, 4.69) is 5.32 Å². The molecule has 1 aliphatic heterocycles. The summed E-state index contributed by atoms with van der Waals surface area (Å²) >= 11 is 6.01. The smallest absolute Gasteiger partial charge is 0.265 e. The van der Waals surface area contributed by atoms with Gasteiger partial charge in [0.05, 0.1) is 24.7 Å². The number of hydrogen-bond donors (Lipinski definition) is 1. The number of hydrogen-bond acceptors (Lipinski definition) is 5. The van der Waals surface area contributed by atoms with E-state index in [4.69, 9.17) is 21.1 Å². The molecule has 144 valence electrons. The van der Waals surface area contributed by atoms with E-state index >= 15 is 0 Å². The van der Waals surface area contributed by atoms with Crippen molar-refractivity contribution in [2.75, 3.05) is 29.5 Å². The van der Waals surface area contributed by atoms with E-state index in [1.807, 2.05) is 0 Å². The molecule has 0 radical (unpaired) electrons. The lowest BCUT2D eigenvalue weighted by atomic mass is 10.2. The molecule has 1 heterocycles. The molecule has 9 heteroatoms. The first kappa shape index (κ1) is 19.3. The summed E-state index contributed by atoms with van der Waals surface area (Å²) in [5.41, 5.74) is 0.826. The van der Waals surface area contributed by atoms with Crippen LogP contribution in [0.5, 0.6) is 11.5 Å². The number of halogens is 1. The number of methoxy groups -OCH3 is 1. The van der Waals surface area contributed by atoms with E-state index in [1.54, 1.807) is 36.4 Å². The molecule has 7 nitrogen and oxygen atoms in total. The Kier molecular flexibility index (Phi) is 5.48. The minimum absolute atomic E-state index is 0.0934. The number of benzene rings is 2. The third-order valence-corrected chi connectivity index (χ3v) is 5.53. The minimum atomic E-state index is -3.56. The fourth-order valence-corrected chi connectivity index (χ4v) is 3.95. The molecule has 3 rings (SSSR count). The number of carbonyl (C=O) groups is 1. The van der Waals surface area contributed by atoms with Crippen molar-refractivity contribution >= 4 is 38.9 Å². The highest BCUT2D eigenvalue weighted by Gasteiger charge is 2.31. The summed E-state index contributed by atoms with van der Waals surface area (Å²) < 4.78 is 36.6. The second-order valence-electron chi connectivity index (χ2n) is 6.03. The van der Waals surface area contributed by atoms with E-state index < -0.39 is 22.0 Å². The second-order valence-corrected chi connectivity index (χ2v) is 8.38. The SMILES string of the molecule is COc1ccccc1NC(=O)[C@H]1CCN(S(C)(=O)=O)c2cc(Cl)ccc2O1. The van der Waals surface area contributed by atoms with Crippen LogP contribution >= 0.6 is 11.6 Å². The van der Waals surface area contributed by atoms with E-state index in [1.165, 1.54) is 17.5 Å². The summed E-state index contributed by atoms with van der Waals surface area (Å²) in [7, 11) is -2.04. The van der Waals surface area contributed by atoms with Crippen LogP contribution in [0, 0.1) is 0 Å². The largest absolute Gasteiger partial charge is 0.495 e. The number of ether oxygens (including phenoxy) is 2. The Balaban J connectivity index is 1.89. The van der Waals surface area contributed by atoms with Gasteiger partial charge in [0.2, 0.25) is 10.0 Å². The van der Waals surface area contributed by atoms with Gasteiger partial charge in [-0.25, -0.2) is 8.42 Å². The predicted octanol–water partition coefficient (Wildman–Crippen LogP) is 2.90. The number of anilines is 2. The Morgan fingerprint density at radius 3 is 2.74 bits per heavy atom. The van der Waals surface area contributed by atoms with Crippen molar-refractivity contribution in [1.29, 1.82) is 0 Å². The van der Waals surface area contributed by atoms with Crippen LogP contribution in [0.4, 0.5) is 11.4 Å². The number of sulfonamides is 1. The quantitative estimate of drug-likeness (QED) is 0.837. The maximum atomic E-state index is 12.7. The van der Waals surface area contributed by atoms with Crippen LogP contribution in [0.1, 0.15) is 6.42 Å². The zero-order chi connectivity index (χ0) is 19.6. The van der Waals surface area contributed by atoms with Crippen LogP contribution in [0.3, 0.4) is 0 Å². The lowest BCUT2D eigenvalue weighted by Gasteiger charge is -2.21. The van der Waals surface area contributed by atoms with E-state index in [9.17, 15) is 13.2 Å². The molecule has 0 bridgehead atoms. The van der Waals surface area contributed by atoms with Crippen LogP contribution in [0.25, 0.3) is 0 Å². The van der Waals surface area contributed by atoms with E-state index in [-0.39, 0.29) is 18.7 Å². The van der Waals surface area contributed by atoms with Gasteiger partial charge < -0.3 is 14.8 Å². The van der Waals surface area contributed by atoms with Crippen molar-refractivity contribution < 1.29 is 22.7 Å². The monoisotopic (exact) mass is 410 g/mol. The molecule has 2 aromatic carbocycles. The number of amides is 1. The molecule has 0 aromatic heterocycles. The van der Waals surface area contributed by atoms with E-state index in [0.29, 0.717) is 22.1 Å².